The van der Waals surface area contributed by atoms with Gasteiger partial charge in [-0.3, -0.25) is 14.6 Å². The van der Waals surface area contributed by atoms with Crippen LogP contribution in [0.25, 0.3) is 0 Å². The van der Waals surface area contributed by atoms with Crippen molar-refractivity contribution in [2.75, 3.05) is 26.2 Å². The molecular weight excluding hydrogens is 356 g/mol. The van der Waals surface area contributed by atoms with E-state index in [1.54, 1.807) is 12.4 Å². The third-order valence-corrected chi connectivity index (χ3v) is 6.40. The summed E-state index contributed by atoms with van der Waals surface area (Å²) in [6, 6.07) is 4.01. The molecule has 4 rings (SSSR count). The summed E-state index contributed by atoms with van der Waals surface area (Å²) in [6.07, 6.45) is 8.04. The Morgan fingerprint density at radius 3 is 2.68 bits per heavy atom. The van der Waals surface area contributed by atoms with Crippen molar-refractivity contribution in [2.24, 2.45) is 10.6 Å². The average Bonchev–Trinajstić information content (AvgIpc) is 3.16. The van der Waals surface area contributed by atoms with Crippen molar-refractivity contribution < 1.29 is 14.4 Å². The predicted octanol–water partition coefficient (Wildman–Crippen LogP) is 2.02. The van der Waals surface area contributed by atoms with Crippen molar-refractivity contribution in [3.05, 3.63) is 30.1 Å². The van der Waals surface area contributed by atoms with Crippen molar-refractivity contribution in [3.63, 3.8) is 0 Å². The van der Waals surface area contributed by atoms with Crippen molar-refractivity contribution in [1.29, 1.82) is 0 Å². The minimum Gasteiger partial charge on any atom is -0.382 e. The minimum atomic E-state index is -0.446. The number of nitrogens with zero attached hydrogens (tertiary/aromatic N) is 4. The van der Waals surface area contributed by atoms with Crippen LogP contribution in [0.2, 0.25) is 0 Å². The van der Waals surface area contributed by atoms with Gasteiger partial charge in [-0.2, -0.15) is 0 Å². The Labute approximate surface area is 165 Å². The zero-order valence-electron chi connectivity index (χ0n) is 16.5. The smallest absolute Gasteiger partial charge is 0.266 e. The Balaban J connectivity index is 1.31. The molecule has 0 radical (unpaired) electrons. The van der Waals surface area contributed by atoms with Gasteiger partial charge in [0, 0.05) is 51.4 Å². The molecule has 0 saturated carbocycles. The summed E-state index contributed by atoms with van der Waals surface area (Å²) in [6.45, 7) is 4.92. The fraction of sp³-hybridized carbons (Fsp3) is 0.619. The molecule has 7 nitrogen and oxygen atoms in total. The molecule has 1 aromatic heterocycles. The van der Waals surface area contributed by atoms with E-state index in [2.05, 4.69) is 10.1 Å². The summed E-state index contributed by atoms with van der Waals surface area (Å²) in [5.41, 5.74) is 2.23. The fourth-order valence-electron chi connectivity index (χ4n) is 4.56. The summed E-state index contributed by atoms with van der Waals surface area (Å²) in [5, 5.41) is 3.90. The molecule has 1 atom stereocenters. The van der Waals surface area contributed by atoms with Crippen LogP contribution in [-0.2, 0) is 20.8 Å². The van der Waals surface area contributed by atoms with Crippen LogP contribution in [0.1, 0.15) is 44.6 Å². The first-order valence-corrected chi connectivity index (χ1v) is 10.2. The number of oxime groups is 1. The van der Waals surface area contributed by atoms with E-state index < -0.39 is 6.10 Å². The maximum Gasteiger partial charge on any atom is 0.266 e. The van der Waals surface area contributed by atoms with Gasteiger partial charge in [-0.15, -0.1) is 0 Å². The van der Waals surface area contributed by atoms with E-state index in [1.165, 1.54) is 5.56 Å². The van der Waals surface area contributed by atoms with Crippen molar-refractivity contribution >= 4 is 17.5 Å². The van der Waals surface area contributed by atoms with Gasteiger partial charge in [-0.1, -0.05) is 5.16 Å². The number of carbonyl (C=O) groups excluding carboxylic acids is 2. The summed E-state index contributed by atoms with van der Waals surface area (Å²) >= 11 is 0. The molecule has 2 saturated heterocycles. The van der Waals surface area contributed by atoms with E-state index in [1.807, 2.05) is 28.9 Å². The van der Waals surface area contributed by atoms with Gasteiger partial charge in [0.25, 0.3) is 5.91 Å². The lowest BCUT2D eigenvalue weighted by Crippen LogP contribution is -2.53. The highest BCUT2D eigenvalue weighted by Crippen LogP contribution is 2.40. The van der Waals surface area contributed by atoms with E-state index >= 15 is 0 Å². The molecule has 2 amide bonds. The average molecular weight is 384 g/mol. The number of pyridine rings is 1. The molecule has 28 heavy (non-hydrogen) atoms. The normalized spacial score (nSPS) is 24.2. The zero-order valence-corrected chi connectivity index (χ0v) is 16.5. The monoisotopic (exact) mass is 384 g/mol. The highest BCUT2D eigenvalue weighted by molar-refractivity contribution is 5.91. The number of aromatic nitrogens is 1. The summed E-state index contributed by atoms with van der Waals surface area (Å²) < 4.78 is 0. The molecule has 1 spiro atoms. The maximum atomic E-state index is 12.7. The first kappa shape index (κ1) is 18.9. The van der Waals surface area contributed by atoms with Crippen LogP contribution in [0.5, 0.6) is 0 Å². The number of carbonyl (C=O) groups is 2. The molecule has 3 aliphatic heterocycles. The molecule has 4 heterocycles. The molecule has 0 N–H and O–H groups in total. The number of rotatable bonds is 4. The molecule has 0 bridgehead atoms. The molecule has 150 valence electrons. The molecule has 0 unspecified atom stereocenters. The standard InChI is InChI=1S/C21H28N4O3/c1-16-14-18(28-23-16)20(27)24-12-7-21(8-13-24)6-2-19(26)25(15-21)11-5-17-3-9-22-10-4-17/h3-4,9-10,18H,2,5-8,11-15H2,1H3/t18-/m0/s1. The van der Waals surface area contributed by atoms with E-state index in [9.17, 15) is 9.59 Å². The first-order chi connectivity index (χ1) is 13.5. The predicted molar refractivity (Wildman–Crippen MR) is 105 cm³/mol. The Hall–Kier alpha value is -2.44. The highest BCUT2D eigenvalue weighted by atomic mass is 16.6. The Morgan fingerprint density at radius 1 is 1.25 bits per heavy atom. The number of hydrogen-bond acceptors (Lipinski definition) is 5. The van der Waals surface area contributed by atoms with Gasteiger partial charge in [0.05, 0.1) is 5.71 Å². The van der Waals surface area contributed by atoms with Gasteiger partial charge in [-0.05, 0) is 55.7 Å². The lowest BCUT2D eigenvalue weighted by atomic mass is 9.72. The summed E-state index contributed by atoms with van der Waals surface area (Å²) in [7, 11) is 0. The maximum absolute atomic E-state index is 12.7. The highest BCUT2D eigenvalue weighted by Gasteiger charge is 2.42. The van der Waals surface area contributed by atoms with E-state index in [-0.39, 0.29) is 17.2 Å². The third-order valence-electron chi connectivity index (χ3n) is 6.40. The van der Waals surface area contributed by atoms with Gasteiger partial charge in [0.2, 0.25) is 12.0 Å². The summed E-state index contributed by atoms with van der Waals surface area (Å²) in [5.74, 6) is 0.307. The van der Waals surface area contributed by atoms with Crippen LogP contribution < -0.4 is 0 Å². The fourth-order valence-corrected chi connectivity index (χ4v) is 4.56. The molecule has 1 aromatic rings. The van der Waals surface area contributed by atoms with Crippen LogP contribution >= 0.6 is 0 Å². The largest absolute Gasteiger partial charge is 0.382 e. The Bertz CT molecular complexity index is 756. The first-order valence-electron chi connectivity index (χ1n) is 10.2. The molecule has 0 aliphatic carbocycles. The van der Waals surface area contributed by atoms with Gasteiger partial charge in [0.15, 0.2) is 0 Å². The second kappa shape index (κ2) is 7.89. The summed E-state index contributed by atoms with van der Waals surface area (Å²) in [4.78, 5) is 38.3. The molecule has 3 aliphatic rings. The van der Waals surface area contributed by atoms with Crippen LogP contribution in [0.4, 0.5) is 0 Å². The molecular formula is C21H28N4O3. The quantitative estimate of drug-likeness (QED) is 0.796. The van der Waals surface area contributed by atoms with Gasteiger partial charge >= 0.3 is 0 Å². The van der Waals surface area contributed by atoms with E-state index in [4.69, 9.17) is 4.84 Å². The van der Waals surface area contributed by atoms with Crippen molar-refractivity contribution in [2.45, 2.75) is 51.6 Å². The lowest BCUT2D eigenvalue weighted by Gasteiger charge is -2.47. The molecule has 0 aromatic carbocycles. The zero-order chi connectivity index (χ0) is 19.6. The number of likely N-dealkylation sites (tertiary alicyclic amines) is 2. The minimum absolute atomic E-state index is 0.0527. The van der Waals surface area contributed by atoms with E-state index in [0.29, 0.717) is 12.8 Å². The topological polar surface area (TPSA) is 75.1 Å². The van der Waals surface area contributed by atoms with Gasteiger partial charge in [0.1, 0.15) is 0 Å². The second-order valence-electron chi connectivity index (χ2n) is 8.37. The number of hydrogen-bond donors (Lipinski definition) is 0. The Kier molecular flexibility index (Phi) is 5.33. The van der Waals surface area contributed by atoms with Crippen LogP contribution in [0, 0.1) is 5.41 Å². The van der Waals surface area contributed by atoms with E-state index in [0.717, 1.165) is 57.6 Å². The molecule has 7 heteroatoms. The SMILES string of the molecule is CC1=NO[C@H](C(=O)N2CCC3(CCC(=O)N(CCc4ccncc4)C3)CC2)C1. The number of amides is 2. The Morgan fingerprint density at radius 2 is 2.00 bits per heavy atom. The lowest BCUT2D eigenvalue weighted by molar-refractivity contribution is -0.148. The van der Waals surface area contributed by atoms with Crippen molar-refractivity contribution in [3.8, 4) is 0 Å². The second-order valence-corrected chi connectivity index (χ2v) is 8.37. The third kappa shape index (κ3) is 4.03. The number of piperidine rings is 2. The molecule has 2 fully saturated rings. The van der Waals surface area contributed by atoms with Gasteiger partial charge in [-0.25, -0.2) is 0 Å². The van der Waals surface area contributed by atoms with Crippen LogP contribution in [0.15, 0.2) is 29.7 Å². The van der Waals surface area contributed by atoms with Crippen LogP contribution in [0.3, 0.4) is 0 Å². The van der Waals surface area contributed by atoms with Crippen LogP contribution in [-0.4, -0.2) is 64.6 Å². The van der Waals surface area contributed by atoms with Crippen molar-refractivity contribution in [1.82, 2.24) is 14.8 Å². The van der Waals surface area contributed by atoms with Gasteiger partial charge < -0.3 is 14.6 Å².